The maximum atomic E-state index is 15.1. The molecular formula is C38H62BF2N3O4P+. The molecule has 7 nitrogen and oxygen atoms in total. The molecule has 3 unspecified atom stereocenters. The zero-order valence-electron chi connectivity index (χ0n) is 30.4. The molecule has 0 saturated carbocycles. The topological polar surface area (TPSA) is 63.7 Å². The van der Waals surface area contributed by atoms with Crippen LogP contribution >= 0.6 is 7.82 Å². The second-order valence-electron chi connectivity index (χ2n) is 15.2. The van der Waals surface area contributed by atoms with Crippen molar-refractivity contribution in [1.29, 1.82) is 0 Å². The summed E-state index contributed by atoms with van der Waals surface area (Å²) in [5.41, 5.74) is 3.11. The minimum atomic E-state index is -3.92. The average molecular weight is 705 g/mol. The first kappa shape index (κ1) is 39.7. The minimum absolute atomic E-state index is 0.101. The van der Waals surface area contributed by atoms with E-state index in [-0.39, 0.29) is 25.2 Å². The lowest BCUT2D eigenvalue weighted by Gasteiger charge is -2.38. The number of fused-ring (bicyclic) bond motifs is 2. The molecule has 2 aliphatic rings. The van der Waals surface area contributed by atoms with Gasteiger partial charge in [-0.2, -0.15) is 0 Å². The van der Waals surface area contributed by atoms with Crippen molar-refractivity contribution in [1.82, 2.24) is 4.48 Å². The number of likely N-dealkylation sites (N-methyl/N-ethyl adjacent to an activating group) is 1. The summed E-state index contributed by atoms with van der Waals surface area (Å²) < 4.78 is 55.3. The van der Waals surface area contributed by atoms with Crippen LogP contribution in [0.2, 0.25) is 0 Å². The average Bonchev–Trinajstić information content (AvgIpc) is 3.74. The van der Waals surface area contributed by atoms with Crippen molar-refractivity contribution in [2.24, 2.45) is 0 Å². The first-order chi connectivity index (χ1) is 23.5. The van der Waals surface area contributed by atoms with E-state index in [4.69, 9.17) is 9.05 Å². The number of phosphoric acid groups is 1. The summed E-state index contributed by atoms with van der Waals surface area (Å²) in [6, 6.07) is 11.9. The van der Waals surface area contributed by atoms with Crippen LogP contribution in [-0.2, 0) is 20.0 Å². The predicted molar refractivity (Wildman–Crippen MR) is 198 cm³/mol. The Morgan fingerprint density at radius 3 is 1.90 bits per heavy atom. The van der Waals surface area contributed by atoms with Crippen molar-refractivity contribution >= 4 is 21.0 Å². The van der Waals surface area contributed by atoms with E-state index in [1.165, 1.54) is 110 Å². The molecule has 1 aromatic carbocycles. The molecular weight excluding hydrogens is 642 g/mol. The fraction of sp³-hybridized carbons (Fsp3) is 0.658. The third-order valence-corrected chi connectivity index (χ3v) is 11.1. The molecule has 0 spiro atoms. The molecule has 1 aromatic heterocycles. The molecule has 1 N–H and O–H groups in total. The van der Waals surface area contributed by atoms with Gasteiger partial charge in [-0.25, -0.2) is 4.57 Å². The molecule has 2 aromatic rings. The summed E-state index contributed by atoms with van der Waals surface area (Å²) in [7, 11) is 2.11. The molecule has 0 amide bonds. The minimum Gasteiger partial charge on any atom is -0.400 e. The van der Waals surface area contributed by atoms with E-state index in [1.807, 2.05) is 33.3 Å². The number of quaternary nitrogens is 1. The number of benzene rings is 1. The largest absolute Gasteiger partial charge is 0.731 e. The Kier molecular flexibility index (Phi) is 15.8. The van der Waals surface area contributed by atoms with Gasteiger partial charge >= 0.3 is 14.8 Å². The van der Waals surface area contributed by atoms with Crippen LogP contribution in [-0.4, -0.2) is 78.5 Å². The lowest BCUT2D eigenvalue weighted by atomic mass is 9.78. The van der Waals surface area contributed by atoms with E-state index in [0.717, 1.165) is 31.2 Å². The van der Waals surface area contributed by atoms with E-state index in [0.29, 0.717) is 16.7 Å². The van der Waals surface area contributed by atoms with Gasteiger partial charge in [-0.3, -0.25) is 9.05 Å². The Balaban J connectivity index is 0.934. The Hall–Kier alpha value is -2.10. The molecule has 4 rings (SSSR count). The smallest absolute Gasteiger partial charge is 0.400 e. The molecule has 0 bridgehead atoms. The number of allylic oxidation sites excluding steroid dienone is 1. The van der Waals surface area contributed by atoms with Crippen LogP contribution in [0.4, 0.5) is 8.63 Å². The van der Waals surface area contributed by atoms with Crippen molar-refractivity contribution < 1.29 is 36.1 Å². The van der Waals surface area contributed by atoms with Crippen LogP contribution in [0.3, 0.4) is 0 Å². The lowest BCUT2D eigenvalue weighted by Crippen LogP contribution is -2.56. The van der Waals surface area contributed by atoms with Gasteiger partial charge in [0, 0.05) is 5.69 Å². The van der Waals surface area contributed by atoms with Gasteiger partial charge in [0.25, 0.3) is 0 Å². The van der Waals surface area contributed by atoms with Crippen molar-refractivity contribution in [2.45, 2.75) is 121 Å². The Bertz CT molecular complexity index is 1380. The molecule has 3 heterocycles. The van der Waals surface area contributed by atoms with E-state index in [1.54, 1.807) is 12.1 Å². The Labute approximate surface area is 294 Å². The van der Waals surface area contributed by atoms with Gasteiger partial charge < -0.3 is 27.0 Å². The summed E-state index contributed by atoms with van der Waals surface area (Å²) in [5.74, 6) is -0.101. The van der Waals surface area contributed by atoms with Gasteiger partial charge in [-0.05, 0) is 60.9 Å². The number of halogens is 2. The van der Waals surface area contributed by atoms with Gasteiger partial charge in [0.2, 0.25) is 0 Å². The fourth-order valence-electron chi connectivity index (χ4n) is 7.14. The molecule has 11 heteroatoms. The Morgan fingerprint density at radius 1 is 0.796 bits per heavy atom. The monoisotopic (exact) mass is 704 g/mol. The zero-order valence-corrected chi connectivity index (χ0v) is 31.3. The summed E-state index contributed by atoms with van der Waals surface area (Å²) in [4.78, 5) is 9.75. The molecule has 49 heavy (non-hydrogen) atoms. The highest BCUT2D eigenvalue weighted by atomic mass is 31.2. The molecule has 0 fully saturated rings. The van der Waals surface area contributed by atoms with E-state index < -0.39 is 14.8 Å². The third-order valence-electron chi connectivity index (χ3n) is 10.0. The normalized spacial score (nSPS) is 19.4. The number of phosphoric ester groups is 1. The predicted octanol–water partition coefficient (Wildman–Crippen LogP) is 9.50. The Morgan fingerprint density at radius 2 is 1.33 bits per heavy atom. The number of hydrogen-bond donors (Lipinski definition) is 1. The molecule has 0 radical (unpaired) electrons. The van der Waals surface area contributed by atoms with Crippen LogP contribution in [0.25, 0.3) is 0 Å². The van der Waals surface area contributed by atoms with Crippen LogP contribution in [0.1, 0.15) is 125 Å². The first-order valence-corrected chi connectivity index (χ1v) is 20.5. The van der Waals surface area contributed by atoms with Gasteiger partial charge in [0.05, 0.1) is 33.7 Å². The van der Waals surface area contributed by atoms with Crippen molar-refractivity contribution in [3.8, 4) is 0 Å². The standard InChI is InChI=1S/C38H61BF2N3O4P/c1-44(2,3)31-33-48-49(45,46)47-32-19-17-15-13-11-9-7-5-4-6-8-10-12-14-16-18-22-34-25-27-35(28-26-34)38-36-23-20-29-42(36)39(40,41)43-30-21-24-37(38)43/h20-21,23-30,36,38H,4-19,22,31-33H2,1-3H3/p+1. The maximum absolute atomic E-state index is 15.1. The van der Waals surface area contributed by atoms with Crippen molar-refractivity contribution in [3.63, 3.8) is 0 Å². The van der Waals surface area contributed by atoms with E-state index in [2.05, 4.69) is 24.3 Å². The highest BCUT2D eigenvalue weighted by molar-refractivity contribution is 7.47. The maximum Gasteiger partial charge on any atom is 0.731 e. The van der Waals surface area contributed by atoms with Gasteiger partial charge in [0.1, 0.15) is 25.4 Å². The number of unbranched alkanes of at least 4 members (excludes halogenated alkanes) is 15. The molecule has 2 aliphatic heterocycles. The van der Waals surface area contributed by atoms with Crippen molar-refractivity contribution in [2.75, 3.05) is 40.9 Å². The van der Waals surface area contributed by atoms with E-state index in [9.17, 15) is 9.46 Å². The molecule has 0 aliphatic carbocycles. The van der Waals surface area contributed by atoms with Crippen LogP contribution in [0, 0.1) is 0 Å². The quantitative estimate of drug-likeness (QED) is 0.0484. The lowest BCUT2D eigenvalue weighted by molar-refractivity contribution is -0.870. The fourth-order valence-corrected chi connectivity index (χ4v) is 7.89. The van der Waals surface area contributed by atoms with Crippen LogP contribution in [0.5, 0.6) is 0 Å². The van der Waals surface area contributed by atoms with Crippen LogP contribution < -0.4 is 0 Å². The zero-order chi connectivity index (χ0) is 35.2. The highest BCUT2D eigenvalue weighted by Gasteiger charge is 2.55. The first-order valence-electron chi connectivity index (χ1n) is 19.0. The summed E-state index contributed by atoms with van der Waals surface area (Å²) in [6.45, 7) is -2.66. The number of hydrogen-bond acceptors (Lipinski definition) is 3. The van der Waals surface area contributed by atoms with Gasteiger partial charge in [0.15, 0.2) is 0 Å². The van der Waals surface area contributed by atoms with Crippen molar-refractivity contribution in [3.05, 3.63) is 71.6 Å². The number of nitrogens with zero attached hydrogens (tertiary/aromatic N) is 3. The van der Waals surface area contributed by atoms with Crippen LogP contribution in [0.15, 0.2) is 54.7 Å². The number of aryl methyl sites for hydroxylation is 1. The summed E-state index contributed by atoms with van der Waals surface area (Å²) in [5, 5.41) is 0. The molecule has 3 atom stereocenters. The summed E-state index contributed by atoms with van der Waals surface area (Å²) >= 11 is 0. The highest BCUT2D eigenvalue weighted by Crippen LogP contribution is 2.43. The van der Waals surface area contributed by atoms with E-state index >= 15 is 8.63 Å². The van der Waals surface area contributed by atoms with Gasteiger partial charge in [-0.1, -0.05) is 114 Å². The molecule has 274 valence electrons. The third kappa shape index (κ3) is 12.9. The SMILES string of the molecule is C[N+](C)(C)CCOP(=O)(O)OCCCCCCCCCCCCCCCCCCc1ccc(C2c3cccn3[B-](F)(F)[N+]3=CC=CC23)cc1. The second kappa shape index (κ2) is 19.5. The van der Waals surface area contributed by atoms with Gasteiger partial charge in [-0.15, -0.1) is 0 Å². The second-order valence-corrected chi connectivity index (χ2v) is 16.6. The number of aromatic nitrogens is 1. The summed E-state index contributed by atoms with van der Waals surface area (Å²) in [6.07, 6.45) is 27.6. The number of rotatable bonds is 25. The molecule has 0 saturated heterocycles.